The van der Waals surface area contributed by atoms with Crippen molar-refractivity contribution in [2.45, 2.75) is 34.0 Å². The maximum absolute atomic E-state index is 13.1. The van der Waals surface area contributed by atoms with Gasteiger partial charge in [0.25, 0.3) is 0 Å². The van der Waals surface area contributed by atoms with E-state index in [1.165, 1.54) is 21.2 Å². The molecule has 0 aliphatic heterocycles. The van der Waals surface area contributed by atoms with E-state index in [0.717, 1.165) is 12.3 Å². The summed E-state index contributed by atoms with van der Waals surface area (Å²) in [5.74, 6) is -0.512. The first-order chi connectivity index (χ1) is 20.7. The van der Waals surface area contributed by atoms with Crippen molar-refractivity contribution in [2.75, 3.05) is 25.5 Å². The summed E-state index contributed by atoms with van der Waals surface area (Å²) in [5, 5.41) is 16.1. The summed E-state index contributed by atoms with van der Waals surface area (Å²) in [5.41, 5.74) is -0.441. The number of hydrogen-bond acceptors (Lipinski definition) is 4. The van der Waals surface area contributed by atoms with E-state index in [2.05, 4.69) is 97.1 Å². The minimum Gasteiger partial charge on any atom is -0.465 e. The van der Waals surface area contributed by atoms with Crippen LogP contribution in [0.1, 0.15) is 27.7 Å². The molecule has 0 radical (unpaired) electrons. The molecule has 0 fully saturated rings. The van der Waals surface area contributed by atoms with Crippen LogP contribution in [0.5, 0.6) is 0 Å². The van der Waals surface area contributed by atoms with Crippen molar-refractivity contribution < 1.29 is 19.4 Å². The van der Waals surface area contributed by atoms with Crippen molar-refractivity contribution in [3.05, 3.63) is 121 Å². The lowest BCUT2D eigenvalue weighted by Crippen LogP contribution is -2.34. The average Bonchev–Trinajstić information content (AvgIpc) is 3.05. The Morgan fingerprint density at radius 2 is 1.02 bits per heavy atom. The van der Waals surface area contributed by atoms with Gasteiger partial charge in [-0.3, -0.25) is 4.79 Å². The van der Waals surface area contributed by atoms with Gasteiger partial charge in [-0.2, -0.15) is 0 Å². The van der Waals surface area contributed by atoms with E-state index in [1.54, 1.807) is 0 Å². The Kier molecular flexibility index (Phi) is 12.5. The molecule has 3 unspecified atom stereocenters. The van der Waals surface area contributed by atoms with Crippen molar-refractivity contribution in [2.24, 2.45) is 17.3 Å². The van der Waals surface area contributed by atoms with Crippen LogP contribution in [-0.4, -0.2) is 42.9 Å². The summed E-state index contributed by atoms with van der Waals surface area (Å²) in [6.45, 7) is 8.52. The van der Waals surface area contributed by atoms with Gasteiger partial charge in [-0.25, -0.2) is 0 Å². The Morgan fingerprint density at radius 1 is 0.651 bits per heavy atom. The predicted molar refractivity (Wildman–Crippen MR) is 183 cm³/mol. The number of benzene rings is 4. The van der Waals surface area contributed by atoms with E-state index >= 15 is 0 Å². The Bertz CT molecular complexity index is 1290. The average molecular weight is 615 g/mol. The molecule has 6 heteroatoms. The van der Waals surface area contributed by atoms with Crippen molar-refractivity contribution in [3.8, 4) is 0 Å². The number of rotatable bonds is 15. The molecule has 1 N–H and O–H groups in total. The first kappa shape index (κ1) is 33.0. The van der Waals surface area contributed by atoms with Gasteiger partial charge in [0.2, 0.25) is 0 Å². The van der Waals surface area contributed by atoms with Gasteiger partial charge in [-0.15, -0.1) is 0 Å². The van der Waals surface area contributed by atoms with E-state index in [4.69, 9.17) is 9.47 Å². The molecule has 0 saturated heterocycles. The zero-order valence-corrected chi connectivity index (χ0v) is 27.5. The minimum absolute atomic E-state index is 0.0693. The number of esters is 1. The molecule has 4 rings (SSSR count). The van der Waals surface area contributed by atoms with Gasteiger partial charge in [-0.1, -0.05) is 149 Å². The molecule has 0 saturated carbocycles. The molecule has 0 aliphatic rings. The van der Waals surface area contributed by atoms with E-state index in [0.29, 0.717) is 0 Å². The van der Waals surface area contributed by atoms with Gasteiger partial charge in [0.15, 0.2) is 6.29 Å². The molecule has 0 amide bonds. The third-order valence-corrected chi connectivity index (χ3v) is 12.9. The summed E-state index contributed by atoms with van der Waals surface area (Å²) < 4.78 is 11.8. The van der Waals surface area contributed by atoms with Crippen molar-refractivity contribution in [1.82, 2.24) is 0 Å². The molecular formula is C37H44O4P2. The number of carbonyl (C=O) groups is 1. The number of ether oxygens (including phenoxy) is 2. The lowest BCUT2D eigenvalue weighted by Gasteiger charge is -2.30. The topological polar surface area (TPSA) is 55.8 Å². The smallest absolute Gasteiger partial charge is 0.309 e. The number of aliphatic hydroxyl groups is 1. The molecule has 0 bridgehead atoms. The van der Waals surface area contributed by atoms with Gasteiger partial charge in [0.1, 0.15) is 0 Å². The van der Waals surface area contributed by atoms with Crippen molar-refractivity contribution >= 4 is 43.0 Å². The first-order valence-corrected chi connectivity index (χ1v) is 18.0. The normalized spacial score (nSPS) is 13.9. The summed E-state index contributed by atoms with van der Waals surface area (Å²) in [6, 6.07) is 41.9. The minimum atomic E-state index is -0.911. The van der Waals surface area contributed by atoms with Gasteiger partial charge < -0.3 is 14.6 Å². The van der Waals surface area contributed by atoms with E-state index < -0.39 is 27.5 Å². The zero-order valence-electron chi connectivity index (χ0n) is 25.7. The van der Waals surface area contributed by atoms with Crippen LogP contribution >= 0.6 is 15.8 Å². The van der Waals surface area contributed by atoms with Crippen LogP contribution in [0.2, 0.25) is 0 Å². The van der Waals surface area contributed by atoms with E-state index in [9.17, 15) is 9.90 Å². The lowest BCUT2D eigenvalue weighted by atomic mass is 9.96. The second-order valence-electron chi connectivity index (χ2n) is 11.9. The molecule has 0 spiro atoms. The molecule has 0 aromatic heterocycles. The Balaban J connectivity index is 1.29. The molecule has 3 atom stereocenters. The van der Waals surface area contributed by atoms with Crippen LogP contribution in [0.25, 0.3) is 0 Å². The highest BCUT2D eigenvalue weighted by molar-refractivity contribution is 7.73. The highest BCUT2D eigenvalue weighted by Gasteiger charge is 2.28. The Labute approximate surface area is 260 Å². The van der Waals surface area contributed by atoms with Gasteiger partial charge in [-0.05, 0) is 49.4 Å². The monoisotopic (exact) mass is 614 g/mol. The largest absolute Gasteiger partial charge is 0.465 e. The van der Waals surface area contributed by atoms with Crippen molar-refractivity contribution in [3.63, 3.8) is 0 Å². The molecule has 226 valence electrons. The summed E-state index contributed by atoms with van der Waals surface area (Å²) in [7, 11) is -1.32. The summed E-state index contributed by atoms with van der Waals surface area (Å²) in [4.78, 5) is 13.1. The quantitative estimate of drug-likeness (QED) is 0.0953. The first-order valence-electron chi connectivity index (χ1n) is 14.9. The third kappa shape index (κ3) is 10.1. The second kappa shape index (κ2) is 16.3. The van der Waals surface area contributed by atoms with Gasteiger partial charge in [0, 0.05) is 11.3 Å². The fraction of sp³-hybridized carbons (Fsp3) is 0.324. The van der Waals surface area contributed by atoms with Gasteiger partial charge >= 0.3 is 5.97 Å². The number of hydrogen-bond donors (Lipinski definition) is 1. The fourth-order valence-corrected chi connectivity index (χ4v) is 9.82. The Morgan fingerprint density at radius 3 is 1.42 bits per heavy atom. The van der Waals surface area contributed by atoms with Crippen LogP contribution in [0.4, 0.5) is 0 Å². The highest BCUT2D eigenvalue weighted by atomic mass is 31.1. The number of carbonyl (C=O) groups excluding carboxylic acids is 1. The molecule has 4 nitrogen and oxygen atoms in total. The van der Waals surface area contributed by atoms with Crippen LogP contribution in [-0.2, 0) is 14.3 Å². The second-order valence-corrected chi connectivity index (χ2v) is 16.4. The van der Waals surface area contributed by atoms with Crippen LogP contribution < -0.4 is 21.2 Å². The van der Waals surface area contributed by atoms with E-state index in [-0.39, 0.29) is 31.0 Å². The maximum atomic E-state index is 13.1. The molecule has 4 aromatic carbocycles. The third-order valence-electron chi connectivity index (χ3n) is 7.34. The SMILES string of the molecule is CC(CP(c1ccccc1)c1ccccc1)C(=O)OCC(C)(C)COC(O)C(C)CP(c1ccccc1)c1ccccc1. The van der Waals surface area contributed by atoms with Crippen LogP contribution in [0, 0.1) is 17.3 Å². The van der Waals surface area contributed by atoms with Gasteiger partial charge in [0.05, 0.1) is 19.1 Å². The number of aliphatic hydroxyl groups excluding tert-OH is 1. The summed E-state index contributed by atoms with van der Waals surface area (Å²) >= 11 is 0. The zero-order chi connectivity index (χ0) is 30.7. The van der Waals surface area contributed by atoms with Crippen LogP contribution in [0.15, 0.2) is 121 Å². The molecule has 4 aromatic rings. The Hall–Kier alpha value is -2.87. The fourth-order valence-electron chi connectivity index (χ4n) is 4.80. The molecule has 0 aliphatic carbocycles. The maximum Gasteiger partial charge on any atom is 0.309 e. The molecular weight excluding hydrogens is 570 g/mol. The van der Waals surface area contributed by atoms with Crippen molar-refractivity contribution in [1.29, 1.82) is 0 Å². The van der Waals surface area contributed by atoms with E-state index in [1.807, 2.05) is 52.0 Å². The summed E-state index contributed by atoms with van der Waals surface area (Å²) in [6.07, 6.45) is 0.622. The molecule has 43 heavy (non-hydrogen) atoms. The predicted octanol–water partition coefficient (Wildman–Crippen LogP) is 6.43. The lowest BCUT2D eigenvalue weighted by molar-refractivity contribution is -0.162. The molecule has 0 heterocycles. The highest BCUT2D eigenvalue weighted by Crippen LogP contribution is 2.38. The standard InChI is InChI=1S/C37H44O4P2/c1-29(25-42(31-17-9-5-10-18-31)32-19-11-6-12-20-32)35(38)40-27-37(3,4)28-41-36(39)30(2)26-43(33-21-13-7-14-22-33)34-23-15-8-16-24-34/h5-24,29-30,35,38H,25-28H2,1-4H3. The van der Waals surface area contributed by atoms with Crippen LogP contribution in [0.3, 0.4) is 0 Å².